The van der Waals surface area contributed by atoms with Crippen molar-refractivity contribution >= 4 is 23.0 Å². The molecule has 4 nitrogen and oxygen atoms in total. The zero-order valence-corrected chi connectivity index (χ0v) is 15.3. The molecule has 0 bridgehead atoms. The van der Waals surface area contributed by atoms with E-state index in [-0.39, 0.29) is 12.6 Å². The maximum Gasteiger partial charge on any atom is 0.338 e. The van der Waals surface area contributed by atoms with Crippen LogP contribution in [0.3, 0.4) is 0 Å². The number of rotatable bonds is 5. The summed E-state index contributed by atoms with van der Waals surface area (Å²) < 4.78 is 5.40. The minimum Gasteiger partial charge on any atom is -0.456 e. The Bertz CT molecular complexity index is 869. The van der Waals surface area contributed by atoms with Crippen LogP contribution in [-0.4, -0.2) is 25.0 Å². The molecule has 0 aliphatic heterocycles. The number of aromatic nitrogens is 1. The first-order chi connectivity index (χ1) is 12.0. The van der Waals surface area contributed by atoms with Crippen molar-refractivity contribution in [2.75, 3.05) is 19.0 Å². The summed E-state index contributed by atoms with van der Waals surface area (Å²) in [4.78, 5) is 18.7. The van der Waals surface area contributed by atoms with Crippen molar-refractivity contribution in [2.24, 2.45) is 0 Å². The van der Waals surface area contributed by atoms with E-state index < -0.39 is 0 Å². The van der Waals surface area contributed by atoms with Crippen LogP contribution in [0.5, 0.6) is 0 Å². The molecule has 1 heterocycles. The van der Waals surface area contributed by atoms with Crippen LogP contribution >= 0.6 is 11.3 Å². The van der Waals surface area contributed by atoms with Crippen molar-refractivity contribution in [1.29, 1.82) is 0 Å². The number of ether oxygens (including phenoxy) is 1. The molecule has 0 saturated carbocycles. The highest BCUT2D eigenvalue weighted by atomic mass is 32.1. The lowest BCUT2D eigenvalue weighted by molar-refractivity contribution is 0.0468. The fourth-order valence-corrected chi connectivity index (χ4v) is 3.15. The number of nitrogens with zero attached hydrogens (tertiary/aromatic N) is 2. The van der Waals surface area contributed by atoms with Gasteiger partial charge in [0.15, 0.2) is 0 Å². The number of carbonyl (C=O) groups excluding carboxylic acids is 1. The Morgan fingerprint density at radius 1 is 1.16 bits per heavy atom. The highest BCUT2D eigenvalue weighted by Crippen LogP contribution is 2.24. The first kappa shape index (κ1) is 17.2. The summed E-state index contributed by atoms with van der Waals surface area (Å²) in [6, 6.07) is 15.6. The Morgan fingerprint density at radius 3 is 2.64 bits per heavy atom. The first-order valence-electron chi connectivity index (χ1n) is 7.99. The molecule has 0 radical (unpaired) electrons. The molecule has 2 aromatic carbocycles. The van der Waals surface area contributed by atoms with Gasteiger partial charge in [0.25, 0.3) is 0 Å². The lowest BCUT2D eigenvalue weighted by Gasteiger charge is -2.13. The molecule has 0 fully saturated rings. The molecule has 3 aromatic rings. The van der Waals surface area contributed by atoms with Gasteiger partial charge in [-0.3, -0.25) is 0 Å². The van der Waals surface area contributed by atoms with E-state index in [1.807, 2.05) is 42.6 Å². The second-order valence-electron chi connectivity index (χ2n) is 6.03. The third kappa shape index (κ3) is 4.25. The number of carbonyl (C=O) groups is 1. The van der Waals surface area contributed by atoms with Crippen LogP contribution in [0.25, 0.3) is 10.6 Å². The summed E-state index contributed by atoms with van der Waals surface area (Å²) in [6.07, 6.45) is 0. The van der Waals surface area contributed by atoms with Gasteiger partial charge < -0.3 is 9.64 Å². The van der Waals surface area contributed by atoms with Gasteiger partial charge in [-0.2, -0.15) is 0 Å². The Hall–Kier alpha value is -2.66. The molecule has 0 N–H and O–H groups in total. The van der Waals surface area contributed by atoms with Gasteiger partial charge in [0.1, 0.15) is 11.6 Å². The van der Waals surface area contributed by atoms with E-state index >= 15 is 0 Å². The molecular weight excluding hydrogens is 332 g/mol. The van der Waals surface area contributed by atoms with Gasteiger partial charge in [0.05, 0.1) is 11.3 Å². The molecule has 128 valence electrons. The van der Waals surface area contributed by atoms with Crippen LogP contribution in [0.4, 0.5) is 5.69 Å². The highest BCUT2D eigenvalue weighted by molar-refractivity contribution is 7.13. The van der Waals surface area contributed by atoms with E-state index in [1.54, 1.807) is 17.4 Å². The number of thiazole rings is 1. The van der Waals surface area contributed by atoms with Crippen LogP contribution in [0, 0.1) is 6.92 Å². The zero-order chi connectivity index (χ0) is 17.8. The van der Waals surface area contributed by atoms with E-state index in [0.29, 0.717) is 5.56 Å². The van der Waals surface area contributed by atoms with Crippen LogP contribution in [-0.2, 0) is 11.3 Å². The number of anilines is 1. The van der Waals surface area contributed by atoms with Crippen molar-refractivity contribution in [2.45, 2.75) is 13.5 Å². The minimum absolute atomic E-state index is 0.174. The van der Waals surface area contributed by atoms with Crippen molar-refractivity contribution in [1.82, 2.24) is 4.98 Å². The second kappa shape index (κ2) is 7.49. The van der Waals surface area contributed by atoms with Gasteiger partial charge >= 0.3 is 5.97 Å². The summed E-state index contributed by atoms with van der Waals surface area (Å²) in [7, 11) is 3.87. The van der Waals surface area contributed by atoms with E-state index in [4.69, 9.17) is 4.74 Å². The van der Waals surface area contributed by atoms with E-state index in [1.165, 1.54) is 5.56 Å². The van der Waals surface area contributed by atoms with Crippen molar-refractivity contribution in [3.05, 3.63) is 70.7 Å². The Labute approximate surface area is 151 Å². The molecule has 5 heteroatoms. The molecular formula is C20H20N2O2S. The van der Waals surface area contributed by atoms with Crippen LogP contribution in [0.1, 0.15) is 21.6 Å². The third-order valence-electron chi connectivity index (χ3n) is 3.80. The zero-order valence-electron chi connectivity index (χ0n) is 14.5. The minimum atomic E-state index is -0.339. The standard InChI is InChI=1S/C20H20N2O2S/c1-14-7-9-15(10-8-14)19-21-17(13-25-19)12-24-20(23)16-5-4-6-18(11-16)22(2)3/h4-11,13H,12H2,1-3H3. The largest absolute Gasteiger partial charge is 0.456 e. The Kier molecular flexibility index (Phi) is 5.14. The third-order valence-corrected chi connectivity index (χ3v) is 4.74. The Balaban J connectivity index is 1.65. The fraction of sp³-hybridized carbons (Fsp3) is 0.200. The molecule has 1 aromatic heterocycles. The van der Waals surface area contributed by atoms with Gasteiger partial charge in [0.2, 0.25) is 0 Å². The van der Waals surface area contributed by atoms with Crippen molar-refractivity contribution < 1.29 is 9.53 Å². The van der Waals surface area contributed by atoms with E-state index in [0.717, 1.165) is 22.0 Å². The molecule has 0 saturated heterocycles. The fourth-order valence-electron chi connectivity index (χ4n) is 2.34. The summed E-state index contributed by atoms with van der Waals surface area (Å²) in [6.45, 7) is 2.23. The van der Waals surface area contributed by atoms with Crippen LogP contribution in [0.2, 0.25) is 0 Å². The molecule has 25 heavy (non-hydrogen) atoms. The van der Waals surface area contributed by atoms with Crippen LogP contribution < -0.4 is 4.90 Å². The smallest absolute Gasteiger partial charge is 0.338 e. The Morgan fingerprint density at radius 2 is 1.92 bits per heavy atom. The average Bonchev–Trinajstić information content (AvgIpc) is 3.09. The summed E-state index contributed by atoms with van der Waals surface area (Å²) in [5.74, 6) is -0.339. The number of benzene rings is 2. The molecule has 0 aliphatic carbocycles. The maximum absolute atomic E-state index is 12.2. The molecule has 0 unspecified atom stereocenters. The quantitative estimate of drug-likeness (QED) is 0.632. The van der Waals surface area contributed by atoms with Gasteiger partial charge in [-0.15, -0.1) is 11.3 Å². The number of hydrogen-bond acceptors (Lipinski definition) is 5. The monoisotopic (exact) mass is 352 g/mol. The normalized spacial score (nSPS) is 10.5. The SMILES string of the molecule is Cc1ccc(-c2nc(COC(=O)c3cccc(N(C)C)c3)cs2)cc1. The summed E-state index contributed by atoms with van der Waals surface area (Å²) in [5, 5.41) is 2.86. The molecule has 3 rings (SSSR count). The lowest BCUT2D eigenvalue weighted by atomic mass is 10.2. The van der Waals surface area contributed by atoms with Gasteiger partial charge in [-0.1, -0.05) is 35.9 Å². The summed E-state index contributed by atoms with van der Waals surface area (Å²) in [5.41, 5.74) is 4.56. The molecule has 0 atom stereocenters. The lowest BCUT2D eigenvalue weighted by Crippen LogP contribution is -2.11. The second-order valence-corrected chi connectivity index (χ2v) is 6.89. The van der Waals surface area contributed by atoms with Crippen LogP contribution in [0.15, 0.2) is 53.9 Å². The van der Waals surface area contributed by atoms with E-state index in [9.17, 15) is 4.79 Å². The average molecular weight is 352 g/mol. The predicted octanol–water partition coefficient (Wildman–Crippen LogP) is 4.54. The number of aryl methyl sites for hydroxylation is 1. The number of esters is 1. The van der Waals surface area contributed by atoms with Crippen molar-refractivity contribution in [3.8, 4) is 10.6 Å². The van der Waals surface area contributed by atoms with E-state index in [2.05, 4.69) is 36.2 Å². The first-order valence-corrected chi connectivity index (χ1v) is 8.87. The predicted molar refractivity (Wildman–Crippen MR) is 102 cm³/mol. The molecule has 0 amide bonds. The molecule has 0 aliphatic rings. The van der Waals surface area contributed by atoms with Crippen molar-refractivity contribution in [3.63, 3.8) is 0 Å². The van der Waals surface area contributed by atoms with Gasteiger partial charge in [0, 0.05) is 30.7 Å². The number of hydrogen-bond donors (Lipinski definition) is 0. The topological polar surface area (TPSA) is 42.4 Å². The van der Waals surface area contributed by atoms with Gasteiger partial charge in [-0.25, -0.2) is 9.78 Å². The maximum atomic E-state index is 12.2. The molecule has 0 spiro atoms. The summed E-state index contributed by atoms with van der Waals surface area (Å²) >= 11 is 1.55. The highest BCUT2D eigenvalue weighted by Gasteiger charge is 2.11. The van der Waals surface area contributed by atoms with Gasteiger partial charge in [-0.05, 0) is 25.1 Å².